The molecule has 2 N–H and O–H groups in total. The minimum atomic E-state index is -0.764. The van der Waals surface area contributed by atoms with Gasteiger partial charge in [0.25, 0.3) is 0 Å². The monoisotopic (exact) mass is 284 g/mol. The normalized spacial score (nSPS) is 13.6. The Bertz CT molecular complexity index is 486. The summed E-state index contributed by atoms with van der Waals surface area (Å²) in [4.78, 5) is 23.4. The van der Waals surface area contributed by atoms with E-state index < -0.39 is 18.0 Å². The molecule has 0 spiro atoms. The molecule has 0 amide bonds. The van der Waals surface area contributed by atoms with E-state index in [4.69, 9.17) is 15.2 Å². The lowest BCUT2D eigenvalue weighted by molar-refractivity contribution is -0.152. The summed E-state index contributed by atoms with van der Waals surface area (Å²) in [5, 5.41) is 7.36. The Balaban J connectivity index is 2.87. The summed E-state index contributed by atoms with van der Waals surface area (Å²) in [6.45, 7) is 7.15. The van der Waals surface area contributed by atoms with Crippen molar-refractivity contribution in [2.75, 3.05) is 12.3 Å². The first kappa shape index (κ1) is 15.9. The quantitative estimate of drug-likeness (QED) is 0.774. The first-order valence-corrected chi connectivity index (χ1v) is 6.50. The highest BCUT2D eigenvalue weighted by Gasteiger charge is 2.26. The number of nitrogens with zero attached hydrogens (tertiary/aromatic N) is 3. The van der Waals surface area contributed by atoms with E-state index in [-0.39, 0.29) is 24.2 Å². The fourth-order valence-electron chi connectivity index (χ4n) is 1.41. The molecule has 0 saturated carbocycles. The van der Waals surface area contributed by atoms with Crippen molar-refractivity contribution >= 4 is 17.8 Å². The molecule has 0 bridgehead atoms. The van der Waals surface area contributed by atoms with Gasteiger partial charge in [-0.15, -0.1) is 5.10 Å². The number of carbonyl (C=O) groups excluding carboxylic acids is 2. The summed E-state index contributed by atoms with van der Waals surface area (Å²) in [7, 11) is 0. The smallest absolute Gasteiger partial charge is 0.362 e. The molecular formula is C12H20N4O4. The number of ether oxygens (including phenoxy) is 2. The van der Waals surface area contributed by atoms with Crippen molar-refractivity contribution in [1.82, 2.24) is 15.0 Å². The van der Waals surface area contributed by atoms with E-state index in [9.17, 15) is 9.59 Å². The van der Waals surface area contributed by atoms with Gasteiger partial charge < -0.3 is 15.2 Å². The highest BCUT2D eigenvalue weighted by Crippen LogP contribution is 2.17. The molecule has 1 heterocycles. The molecule has 0 saturated heterocycles. The largest absolute Gasteiger partial charge is 0.461 e. The maximum absolute atomic E-state index is 11.9. The van der Waals surface area contributed by atoms with Crippen LogP contribution in [0.5, 0.6) is 0 Å². The Morgan fingerprint density at radius 2 is 2.00 bits per heavy atom. The second-order valence-corrected chi connectivity index (χ2v) is 4.32. The van der Waals surface area contributed by atoms with Crippen molar-refractivity contribution in [3.05, 3.63) is 5.69 Å². The van der Waals surface area contributed by atoms with Crippen LogP contribution in [0.1, 0.15) is 50.6 Å². The molecule has 0 aliphatic heterocycles. The van der Waals surface area contributed by atoms with Gasteiger partial charge in [0.15, 0.2) is 11.9 Å². The van der Waals surface area contributed by atoms with Gasteiger partial charge in [0.2, 0.25) is 5.69 Å². The zero-order valence-corrected chi connectivity index (χ0v) is 12.1. The van der Waals surface area contributed by atoms with Gasteiger partial charge in [-0.3, -0.25) is 0 Å². The number of carbonyl (C=O) groups is 2. The van der Waals surface area contributed by atoms with Crippen LogP contribution >= 0.6 is 0 Å². The van der Waals surface area contributed by atoms with Crippen LogP contribution in [0.15, 0.2) is 0 Å². The van der Waals surface area contributed by atoms with Gasteiger partial charge in [-0.05, 0) is 27.2 Å². The average molecular weight is 284 g/mol. The van der Waals surface area contributed by atoms with Gasteiger partial charge in [0.05, 0.1) is 12.7 Å². The summed E-state index contributed by atoms with van der Waals surface area (Å²) < 4.78 is 11.1. The van der Waals surface area contributed by atoms with E-state index in [1.165, 1.54) is 0 Å². The topological polar surface area (TPSA) is 109 Å². The Hall–Kier alpha value is -2.12. The van der Waals surface area contributed by atoms with Crippen molar-refractivity contribution in [1.29, 1.82) is 0 Å². The summed E-state index contributed by atoms with van der Waals surface area (Å²) in [6, 6.07) is -0.764. The number of rotatable bonds is 6. The standard InChI is InChI=1S/C12H20N4O4/c1-5-7(3)20-11(17)8(4)16-10(13)9(14-15-16)12(18)19-6-2/h7-8H,5-6,13H2,1-4H3. The minimum Gasteiger partial charge on any atom is -0.461 e. The molecule has 8 heteroatoms. The van der Waals surface area contributed by atoms with E-state index >= 15 is 0 Å². The van der Waals surface area contributed by atoms with Crippen molar-refractivity contribution in [3.63, 3.8) is 0 Å². The molecule has 0 aliphatic rings. The summed E-state index contributed by atoms with van der Waals surface area (Å²) in [6.07, 6.45) is 0.513. The molecule has 2 atom stereocenters. The molecule has 1 aromatic rings. The number of hydrogen-bond donors (Lipinski definition) is 1. The van der Waals surface area contributed by atoms with E-state index in [2.05, 4.69) is 10.3 Å². The van der Waals surface area contributed by atoms with Crippen LogP contribution in [0.4, 0.5) is 5.82 Å². The average Bonchev–Trinajstić information content (AvgIpc) is 2.79. The van der Waals surface area contributed by atoms with Crippen LogP contribution in [0.2, 0.25) is 0 Å². The number of esters is 2. The summed E-state index contributed by atoms with van der Waals surface area (Å²) in [5.41, 5.74) is 5.66. The lowest BCUT2D eigenvalue weighted by atomic mass is 10.3. The van der Waals surface area contributed by atoms with Crippen molar-refractivity contribution in [3.8, 4) is 0 Å². The summed E-state index contributed by atoms with van der Waals surface area (Å²) >= 11 is 0. The van der Waals surface area contributed by atoms with Gasteiger partial charge >= 0.3 is 11.9 Å². The van der Waals surface area contributed by atoms with Crippen molar-refractivity contribution < 1.29 is 19.1 Å². The Kier molecular flexibility index (Phi) is 5.48. The van der Waals surface area contributed by atoms with Crippen LogP contribution in [-0.2, 0) is 14.3 Å². The third-order valence-electron chi connectivity index (χ3n) is 2.80. The molecular weight excluding hydrogens is 264 g/mol. The van der Waals surface area contributed by atoms with Gasteiger partial charge in [0, 0.05) is 0 Å². The van der Waals surface area contributed by atoms with Crippen LogP contribution in [0.3, 0.4) is 0 Å². The van der Waals surface area contributed by atoms with Crippen LogP contribution in [0, 0.1) is 0 Å². The first-order valence-electron chi connectivity index (χ1n) is 6.50. The fraction of sp³-hybridized carbons (Fsp3) is 0.667. The number of nitrogens with two attached hydrogens (primary N) is 1. The highest BCUT2D eigenvalue weighted by molar-refractivity contribution is 5.92. The second kappa shape index (κ2) is 6.88. The Morgan fingerprint density at radius 3 is 2.55 bits per heavy atom. The number of hydrogen-bond acceptors (Lipinski definition) is 7. The Labute approximate surface area is 117 Å². The van der Waals surface area contributed by atoms with E-state index in [0.717, 1.165) is 4.68 Å². The predicted molar refractivity (Wildman–Crippen MR) is 70.9 cm³/mol. The minimum absolute atomic E-state index is 0.0166. The molecule has 112 valence electrons. The van der Waals surface area contributed by atoms with Crippen LogP contribution in [0.25, 0.3) is 0 Å². The number of anilines is 1. The molecule has 0 aromatic carbocycles. The van der Waals surface area contributed by atoms with E-state index in [0.29, 0.717) is 6.42 Å². The van der Waals surface area contributed by atoms with Crippen LogP contribution < -0.4 is 5.73 Å². The number of nitrogen functional groups attached to an aromatic ring is 1. The van der Waals surface area contributed by atoms with Crippen molar-refractivity contribution in [2.24, 2.45) is 0 Å². The van der Waals surface area contributed by atoms with Crippen LogP contribution in [-0.4, -0.2) is 39.6 Å². The van der Waals surface area contributed by atoms with Gasteiger partial charge in [0.1, 0.15) is 0 Å². The molecule has 1 rings (SSSR count). The zero-order chi connectivity index (χ0) is 15.3. The molecule has 20 heavy (non-hydrogen) atoms. The van der Waals surface area contributed by atoms with Gasteiger partial charge in [-0.1, -0.05) is 12.1 Å². The SMILES string of the molecule is CCOC(=O)c1nnn(C(C)C(=O)OC(C)CC)c1N. The molecule has 0 aliphatic carbocycles. The molecule has 0 fully saturated rings. The van der Waals surface area contributed by atoms with E-state index in [1.54, 1.807) is 20.8 Å². The van der Waals surface area contributed by atoms with Gasteiger partial charge in [-0.2, -0.15) is 0 Å². The van der Waals surface area contributed by atoms with E-state index in [1.807, 2.05) is 6.92 Å². The zero-order valence-electron chi connectivity index (χ0n) is 12.1. The maximum atomic E-state index is 11.9. The molecule has 1 aromatic heterocycles. The third kappa shape index (κ3) is 3.46. The molecule has 0 radical (unpaired) electrons. The predicted octanol–water partition coefficient (Wildman–Crippen LogP) is 0.940. The molecule has 2 unspecified atom stereocenters. The highest BCUT2D eigenvalue weighted by atomic mass is 16.5. The third-order valence-corrected chi connectivity index (χ3v) is 2.80. The lowest BCUT2D eigenvalue weighted by Gasteiger charge is -2.16. The lowest BCUT2D eigenvalue weighted by Crippen LogP contribution is -2.25. The second-order valence-electron chi connectivity index (χ2n) is 4.32. The molecule has 8 nitrogen and oxygen atoms in total. The van der Waals surface area contributed by atoms with Crippen molar-refractivity contribution in [2.45, 2.75) is 46.3 Å². The fourth-order valence-corrected chi connectivity index (χ4v) is 1.41. The first-order chi connectivity index (χ1) is 9.42. The Morgan fingerprint density at radius 1 is 1.35 bits per heavy atom. The number of aromatic nitrogens is 3. The summed E-state index contributed by atoms with van der Waals surface area (Å²) in [5.74, 6) is -1.16. The van der Waals surface area contributed by atoms with Gasteiger partial charge in [-0.25, -0.2) is 14.3 Å². The maximum Gasteiger partial charge on any atom is 0.362 e.